The fourth-order valence-corrected chi connectivity index (χ4v) is 2.22. The maximum Gasteiger partial charge on any atom is 0.271 e. The van der Waals surface area contributed by atoms with Crippen LogP contribution >= 0.6 is 0 Å². The number of anilines is 1. The molecule has 1 aliphatic rings. The zero-order valence-electron chi connectivity index (χ0n) is 10.6. The van der Waals surface area contributed by atoms with Gasteiger partial charge < -0.3 is 10.6 Å². The van der Waals surface area contributed by atoms with Crippen molar-refractivity contribution in [3.05, 3.63) is 34.4 Å². The van der Waals surface area contributed by atoms with E-state index in [2.05, 4.69) is 10.6 Å². The van der Waals surface area contributed by atoms with Crippen molar-refractivity contribution in [2.45, 2.75) is 19.3 Å². The molecule has 1 aromatic rings. The Balaban J connectivity index is 1.84. The molecule has 1 fully saturated rings. The van der Waals surface area contributed by atoms with Crippen LogP contribution in [0.15, 0.2) is 24.3 Å². The summed E-state index contributed by atoms with van der Waals surface area (Å²) in [5, 5.41) is 16.6. The van der Waals surface area contributed by atoms with Crippen LogP contribution in [0.4, 0.5) is 11.4 Å². The monoisotopic (exact) mass is 263 g/mol. The molecule has 19 heavy (non-hydrogen) atoms. The number of benzene rings is 1. The quantitative estimate of drug-likeness (QED) is 0.628. The first-order valence-corrected chi connectivity index (χ1v) is 6.40. The topological polar surface area (TPSA) is 84.3 Å². The Morgan fingerprint density at radius 2 is 2.37 bits per heavy atom. The van der Waals surface area contributed by atoms with Gasteiger partial charge in [-0.1, -0.05) is 6.07 Å². The molecule has 1 aromatic carbocycles. The van der Waals surface area contributed by atoms with Gasteiger partial charge >= 0.3 is 0 Å². The van der Waals surface area contributed by atoms with Crippen LogP contribution < -0.4 is 10.6 Å². The molecule has 0 radical (unpaired) electrons. The third kappa shape index (κ3) is 4.03. The maximum atomic E-state index is 11.7. The van der Waals surface area contributed by atoms with Gasteiger partial charge in [0.05, 0.1) is 4.92 Å². The summed E-state index contributed by atoms with van der Waals surface area (Å²) in [4.78, 5) is 21.9. The Hall–Kier alpha value is -1.95. The summed E-state index contributed by atoms with van der Waals surface area (Å²) >= 11 is 0. The van der Waals surface area contributed by atoms with Crippen LogP contribution in [0.1, 0.15) is 19.3 Å². The molecular weight excluding hydrogens is 246 g/mol. The van der Waals surface area contributed by atoms with Crippen molar-refractivity contribution >= 4 is 17.3 Å². The van der Waals surface area contributed by atoms with Crippen molar-refractivity contribution in [2.24, 2.45) is 5.92 Å². The second kappa shape index (κ2) is 6.29. The highest BCUT2D eigenvalue weighted by atomic mass is 16.6. The standard InChI is InChI=1S/C13H17N3O3/c17-13(5-4-10-6-7-14-9-10)15-11-2-1-3-12(8-11)16(18)19/h1-3,8,10,14H,4-7,9H2,(H,15,17). The Labute approximate surface area is 111 Å². The van der Waals surface area contributed by atoms with Crippen molar-refractivity contribution in [3.8, 4) is 0 Å². The van der Waals surface area contributed by atoms with Crippen molar-refractivity contribution in [2.75, 3.05) is 18.4 Å². The van der Waals surface area contributed by atoms with Crippen LogP contribution in [0.2, 0.25) is 0 Å². The summed E-state index contributed by atoms with van der Waals surface area (Å²) in [6.45, 7) is 2.00. The molecule has 0 spiro atoms. The number of carbonyl (C=O) groups excluding carboxylic acids is 1. The molecule has 0 aromatic heterocycles. The molecule has 1 amide bonds. The minimum atomic E-state index is -0.472. The first-order chi connectivity index (χ1) is 9.15. The minimum absolute atomic E-state index is 0.0159. The number of hydrogen-bond acceptors (Lipinski definition) is 4. The third-order valence-corrected chi connectivity index (χ3v) is 3.28. The van der Waals surface area contributed by atoms with E-state index in [0.717, 1.165) is 25.9 Å². The van der Waals surface area contributed by atoms with Gasteiger partial charge in [-0.3, -0.25) is 14.9 Å². The number of hydrogen-bond donors (Lipinski definition) is 2. The van der Waals surface area contributed by atoms with Gasteiger partial charge in [0.25, 0.3) is 5.69 Å². The minimum Gasteiger partial charge on any atom is -0.326 e. The molecule has 1 aliphatic heterocycles. The van der Waals surface area contributed by atoms with Crippen LogP contribution in [-0.2, 0) is 4.79 Å². The van der Waals surface area contributed by atoms with Gasteiger partial charge in [-0.25, -0.2) is 0 Å². The zero-order valence-corrected chi connectivity index (χ0v) is 10.6. The number of nitro benzene ring substituents is 1. The molecule has 6 nitrogen and oxygen atoms in total. The molecule has 1 atom stereocenters. The number of amides is 1. The Morgan fingerprint density at radius 3 is 3.05 bits per heavy atom. The van der Waals surface area contributed by atoms with E-state index in [9.17, 15) is 14.9 Å². The summed E-state index contributed by atoms with van der Waals surface area (Å²) in [6.07, 6.45) is 2.42. The van der Waals surface area contributed by atoms with Crippen molar-refractivity contribution in [3.63, 3.8) is 0 Å². The Bertz CT molecular complexity index is 470. The van der Waals surface area contributed by atoms with Gasteiger partial charge in [-0.2, -0.15) is 0 Å². The van der Waals surface area contributed by atoms with Crippen molar-refractivity contribution < 1.29 is 9.72 Å². The molecule has 2 N–H and O–H groups in total. The Kier molecular flexibility index (Phi) is 4.46. The van der Waals surface area contributed by atoms with Gasteiger partial charge in [0, 0.05) is 24.2 Å². The number of nitrogens with zero attached hydrogens (tertiary/aromatic N) is 1. The van der Waals surface area contributed by atoms with Crippen molar-refractivity contribution in [1.29, 1.82) is 0 Å². The zero-order chi connectivity index (χ0) is 13.7. The van der Waals surface area contributed by atoms with E-state index in [1.54, 1.807) is 12.1 Å². The summed E-state index contributed by atoms with van der Waals surface area (Å²) < 4.78 is 0. The van der Waals surface area contributed by atoms with Gasteiger partial charge in [0.15, 0.2) is 0 Å². The smallest absolute Gasteiger partial charge is 0.271 e. The average molecular weight is 263 g/mol. The predicted octanol–water partition coefficient (Wildman–Crippen LogP) is 1.92. The molecule has 102 valence electrons. The van der Waals surface area contributed by atoms with Gasteiger partial charge in [-0.15, -0.1) is 0 Å². The fraction of sp³-hybridized carbons (Fsp3) is 0.462. The number of rotatable bonds is 5. The molecule has 1 unspecified atom stereocenters. The van der Waals surface area contributed by atoms with Crippen LogP contribution in [-0.4, -0.2) is 23.9 Å². The van der Waals surface area contributed by atoms with E-state index >= 15 is 0 Å². The molecule has 0 aliphatic carbocycles. The van der Waals surface area contributed by atoms with Gasteiger partial charge in [0.1, 0.15) is 0 Å². The van der Waals surface area contributed by atoms with Crippen LogP contribution in [0.5, 0.6) is 0 Å². The largest absolute Gasteiger partial charge is 0.326 e. The lowest BCUT2D eigenvalue weighted by atomic mass is 10.0. The number of nitrogens with one attached hydrogen (secondary N) is 2. The summed E-state index contributed by atoms with van der Waals surface area (Å²) in [6, 6.07) is 5.99. The third-order valence-electron chi connectivity index (χ3n) is 3.28. The second-order valence-electron chi connectivity index (χ2n) is 4.75. The van der Waals surface area contributed by atoms with E-state index in [-0.39, 0.29) is 11.6 Å². The fourth-order valence-electron chi connectivity index (χ4n) is 2.22. The molecule has 1 saturated heterocycles. The average Bonchev–Trinajstić information content (AvgIpc) is 2.90. The first-order valence-electron chi connectivity index (χ1n) is 6.40. The number of nitro groups is 1. The molecule has 2 rings (SSSR count). The summed E-state index contributed by atoms with van der Waals surface area (Å²) in [5.74, 6) is 0.475. The highest BCUT2D eigenvalue weighted by molar-refractivity contribution is 5.90. The van der Waals surface area contributed by atoms with Gasteiger partial charge in [0.2, 0.25) is 5.91 Å². The van der Waals surface area contributed by atoms with E-state index in [1.165, 1.54) is 12.1 Å². The SMILES string of the molecule is O=C(CCC1CCNC1)Nc1cccc([N+](=O)[O-])c1. The first kappa shape index (κ1) is 13.5. The molecule has 0 saturated carbocycles. The lowest BCUT2D eigenvalue weighted by molar-refractivity contribution is -0.384. The lowest BCUT2D eigenvalue weighted by Crippen LogP contribution is -2.15. The van der Waals surface area contributed by atoms with E-state index in [4.69, 9.17) is 0 Å². The van der Waals surface area contributed by atoms with Gasteiger partial charge in [-0.05, 0) is 37.9 Å². The second-order valence-corrected chi connectivity index (χ2v) is 4.75. The van der Waals surface area contributed by atoms with Crippen LogP contribution in [0.3, 0.4) is 0 Å². The van der Waals surface area contributed by atoms with E-state index in [1.807, 2.05) is 0 Å². The number of carbonyl (C=O) groups is 1. The van der Waals surface area contributed by atoms with Crippen LogP contribution in [0.25, 0.3) is 0 Å². The summed E-state index contributed by atoms with van der Waals surface area (Å²) in [5.41, 5.74) is 0.460. The molecular formula is C13H17N3O3. The highest BCUT2D eigenvalue weighted by Gasteiger charge is 2.16. The predicted molar refractivity (Wildman–Crippen MR) is 71.9 cm³/mol. The normalized spacial score (nSPS) is 18.2. The molecule has 6 heteroatoms. The molecule has 0 bridgehead atoms. The van der Waals surface area contributed by atoms with Crippen LogP contribution in [0, 0.1) is 16.0 Å². The number of non-ortho nitro benzene ring substituents is 1. The highest BCUT2D eigenvalue weighted by Crippen LogP contribution is 2.18. The lowest BCUT2D eigenvalue weighted by Gasteiger charge is -2.08. The Morgan fingerprint density at radius 1 is 1.53 bits per heavy atom. The summed E-state index contributed by atoms with van der Waals surface area (Å²) in [7, 11) is 0. The molecule has 1 heterocycles. The van der Waals surface area contributed by atoms with E-state index < -0.39 is 4.92 Å². The maximum absolute atomic E-state index is 11.7. The van der Waals surface area contributed by atoms with Crippen molar-refractivity contribution in [1.82, 2.24) is 5.32 Å². The van der Waals surface area contributed by atoms with E-state index in [0.29, 0.717) is 18.0 Å².